The highest BCUT2D eigenvalue weighted by atomic mass is 123. The molecule has 0 saturated carbocycles. The molecule has 0 heterocycles. The van der Waals surface area contributed by atoms with E-state index in [9.17, 15) is 0 Å². The van der Waals surface area contributed by atoms with Crippen molar-refractivity contribution in [3.05, 3.63) is 66.8 Å². The van der Waals surface area contributed by atoms with Gasteiger partial charge in [-0.25, -0.2) is 9.98 Å². The second-order valence-corrected chi connectivity index (χ2v) is 8.46. The van der Waals surface area contributed by atoms with Crippen LogP contribution in [-0.4, -0.2) is 29.4 Å². The van der Waals surface area contributed by atoms with Crippen LogP contribution in [0.1, 0.15) is 12.6 Å². The van der Waals surface area contributed by atoms with Crippen molar-refractivity contribution >= 4 is 67.5 Å². The van der Waals surface area contributed by atoms with Crippen LogP contribution in [0, 0.1) is 7.14 Å². The first-order valence-electron chi connectivity index (χ1n) is 7.63. The third-order valence-corrected chi connectivity index (χ3v) is 4.01. The summed E-state index contributed by atoms with van der Waals surface area (Å²) in [7, 11) is -5.17. The Kier molecular flexibility index (Phi) is 13.5. The third kappa shape index (κ3) is 19.4. The van der Waals surface area contributed by atoms with E-state index in [1.807, 2.05) is 48.5 Å². The molecule has 2 rings (SSSR count). The summed E-state index contributed by atoms with van der Waals surface area (Å²) in [6.45, 7) is 1.11. The van der Waals surface area contributed by atoms with Crippen LogP contribution in [0.5, 0.6) is 0 Å². The van der Waals surface area contributed by atoms with E-state index >= 15 is 0 Å². The Hall–Kier alpha value is -1.69. The lowest BCUT2D eigenvalue weighted by molar-refractivity contribution is 0.352. The van der Waals surface area contributed by atoms with Crippen LogP contribution >= 0.6 is 45.2 Å². The molecule has 0 aliphatic rings. The molecule has 0 aliphatic carbocycles. The predicted molar refractivity (Wildman–Crippen MR) is 130 cm³/mol. The van der Waals surface area contributed by atoms with Crippen molar-refractivity contribution in [1.29, 1.82) is 0 Å². The van der Waals surface area contributed by atoms with Crippen molar-refractivity contribution in [2.75, 3.05) is 0 Å². The van der Waals surface area contributed by atoms with Crippen LogP contribution in [-0.2, 0) is 23.5 Å². The van der Waals surface area contributed by atoms with Crippen LogP contribution < -0.4 is 22.9 Å². The van der Waals surface area contributed by atoms with Crippen molar-refractivity contribution in [3.8, 4) is 0 Å². The van der Waals surface area contributed by atoms with Gasteiger partial charge in [-0.1, -0.05) is 24.3 Å². The van der Waals surface area contributed by atoms with Gasteiger partial charge in [0.05, 0.1) is 13.1 Å². The maximum atomic E-state index is 8.52. The van der Waals surface area contributed by atoms with Gasteiger partial charge in [-0.15, -0.1) is 0 Å². The van der Waals surface area contributed by atoms with E-state index in [4.69, 9.17) is 40.5 Å². The molecule has 29 heavy (non-hydrogen) atoms. The van der Waals surface area contributed by atoms with E-state index in [-0.39, 0.29) is 13.3 Å². The minimum atomic E-state index is -5.17. The largest absolute Gasteiger partial charge is 0.759 e. The summed E-state index contributed by atoms with van der Waals surface area (Å²) in [5.41, 5.74) is 23.1. The molecule has 2 aromatic carbocycles. The number of nitrogens with zero attached hydrogens (tertiary/aromatic N) is 2. The van der Waals surface area contributed by atoms with Gasteiger partial charge >= 0.3 is 0 Å². The first-order valence-corrected chi connectivity index (χ1v) is 11.1. The van der Waals surface area contributed by atoms with Crippen molar-refractivity contribution < 1.29 is 18.9 Å². The molecule has 0 saturated heterocycles. The van der Waals surface area contributed by atoms with E-state index in [0.717, 1.165) is 11.1 Å². The number of hydrogen-bond donors (Lipinski definition) is 4. The van der Waals surface area contributed by atoms with Gasteiger partial charge in [-0.2, -0.15) is 0 Å². The lowest BCUT2D eigenvalue weighted by atomic mass is 10.2. The number of benzene rings is 2. The molecule has 10 nitrogen and oxygen atoms in total. The van der Waals surface area contributed by atoms with Crippen LogP contribution in [0.4, 0.5) is 0 Å². The SMILES string of the molecule is NC(N)=NCc1cccc([123I])c1.NC(N)=NCc1cccc([123I])c1.O=S(=O)([O-])[O-].[HH]. The topological polar surface area (TPSA) is 209 Å². The summed E-state index contributed by atoms with van der Waals surface area (Å²) in [5, 5.41) is 0. The zero-order chi connectivity index (χ0) is 22.4. The smallest absolute Gasteiger partial charge is 0.186 e. The molecule has 0 atom stereocenters. The molecular formula is C16H22I2N6O4S-2. The Morgan fingerprint density at radius 2 is 1.14 bits per heavy atom. The molecule has 0 aliphatic heterocycles. The molecule has 0 aromatic heterocycles. The third-order valence-electron chi connectivity index (χ3n) is 2.67. The first kappa shape index (κ1) is 27.3. The van der Waals surface area contributed by atoms with Gasteiger partial charge in [0, 0.05) is 19.0 Å². The molecule has 0 spiro atoms. The number of rotatable bonds is 4. The molecular weight excluding hydrogens is 618 g/mol. The summed E-state index contributed by atoms with van der Waals surface area (Å²) in [5.74, 6) is 0.266. The minimum absolute atomic E-state index is 0. The van der Waals surface area contributed by atoms with Crippen LogP contribution in [0.25, 0.3) is 0 Å². The number of nitrogens with two attached hydrogens (primary N) is 4. The Balaban J connectivity index is 0. The van der Waals surface area contributed by atoms with E-state index in [2.05, 4.69) is 55.2 Å². The van der Waals surface area contributed by atoms with Gasteiger partial charge in [0.25, 0.3) is 0 Å². The maximum Gasteiger partial charge on any atom is 0.186 e. The summed E-state index contributed by atoms with van der Waals surface area (Å²) in [6.07, 6.45) is 0. The standard InChI is InChI=1S/2C8H10IN3.H2O4S.H2/c2*9-7-3-1-2-6(4-7)5-12-8(10)11;1-5(2,3)4;/h2*1-4H,5H2,(H4,10,11,12);(H2,1,2,3,4);1H/p-2/i2*9-4;;. The molecule has 0 amide bonds. The van der Waals surface area contributed by atoms with Crippen molar-refractivity contribution in [1.82, 2.24) is 0 Å². The van der Waals surface area contributed by atoms with E-state index in [1.165, 1.54) is 7.14 Å². The van der Waals surface area contributed by atoms with Crippen molar-refractivity contribution in [3.63, 3.8) is 0 Å². The summed E-state index contributed by atoms with van der Waals surface area (Å²) in [6, 6.07) is 16.1. The number of aliphatic imine (C=N–C) groups is 2. The molecule has 162 valence electrons. The highest BCUT2D eigenvalue weighted by Gasteiger charge is 1.92. The Labute approximate surface area is 198 Å². The van der Waals surface area contributed by atoms with Crippen molar-refractivity contribution in [2.24, 2.45) is 32.9 Å². The van der Waals surface area contributed by atoms with Gasteiger partial charge < -0.3 is 32.0 Å². The molecule has 0 bridgehead atoms. The summed E-state index contributed by atoms with van der Waals surface area (Å²) < 4.78 is 36.5. The normalized spacial score (nSPS) is 9.79. The first-order chi connectivity index (χ1) is 13.4. The lowest BCUT2D eigenvalue weighted by Crippen LogP contribution is -2.22. The predicted octanol–water partition coefficient (Wildman–Crippen LogP) is 1.04. The van der Waals surface area contributed by atoms with Gasteiger partial charge in [0.15, 0.2) is 11.9 Å². The summed E-state index contributed by atoms with van der Waals surface area (Å²) >= 11 is 4.50. The van der Waals surface area contributed by atoms with Gasteiger partial charge in [-0.3, -0.25) is 8.42 Å². The Morgan fingerprint density at radius 1 is 0.828 bits per heavy atom. The number of hydrogen-bond acceptors (Lipinski definition) is 6. The zero-order valence-electron chi connectivity index (χ0n) is 15.0. The fourth-order valence-electron chi connectivity index (χ4n) is 1.64. The van der Waals surface area contributed by atoms with Gasteiger partial charge in [0.2, 0.25) is 0 Å². The van der Waals surface area contributed by atoms with Crippen LogP contribution in [0.2, 0.25) is 0 Å². The van der Waals surface area contributed by atoms with E-state index in [1.54, 1.807) is 0 Å². The molecule has 0 unspecified atom stereocenters. The van der Waals surface area contributed by atoms with Crippen LogP contribution in [0.3, 0.4) is 0 Å². The fraction of sp³-hybridized carbons (Fsp3) is 0.125. The van der Waals surface area contributed by atoms with E-state index in [0.29, 0.717) is 13.1 Å². The zero-order valence-corrected chi connectivity index (χ0v) is 20.2. The molecule has 0 radical (unpaired) electrons. The van der Waals surface area contributed by atoms with Crippen molar-refractivity contribution in [2.45, 2.75) is 13.1 Å². The second-order valence-electron chi connectivity index (χ2n) is 5.15. The molecule has 13 heteroatoms. The maximum absolute atomic E-state index is 8.52. The second kappa shape index (κ2) is 14.3. The molecule has 8 N–H and O–H groups in total. The quantitative estimate of drug-likeness (QED) is 0.124. The average Bonchev–Trinajstić information content (AvgIpc) is 2.57. The Bertz CT molecular complexity index is 867. The van der Waals surface area contributed by atoms with Gasteiger partial charge in [0.1, 0.15) is 0 Å². The summed E-state index contributed by atoms with van der Waals surface area (Å²) in [4.78, 5) is 7.81. The van der Waals surface area contributed by atoms with Crippen LogP contribution in [0.15, 0.2) is 58.5 Å². The molecule has 2 aromatic rings. The Morgan fingerprint density at radius 3 is 1.38 bits per heavy atom. The minimum Gasteiger partial charge on any atom is -0.759 e. The molecule has 0 fully saturated rings. The fourth-order valence-corrected chi connectivity index (χ4v) is 2.85. The lowest BCUT2D eigenvalue weighted by Gasteiger charge is -2.06. The van der Waals surface area contributed by atoms with Gasteiger partial charge in [-0.05, 0) is 80.6 Å². The highest BCUT2D eigenvalue weighted by Crippen LogP contribution is 2.09. The van der Waals surface area contributed by atoms with E-state index < -0.39 is 10.4 Å². The number of halogens is 2. The highest BCUT2D eigenvalue weighted by molar-refractivity contribution is 14.1. The number of guanidine groups is 2. The monoisotopic (exact) mass is 640 g/mol. The average molecular weight is 640 g/mol.